The number of carbonyl (C=O) groups is 1. The molecular formula is C16H12F3N3O3. The summed E-state index contributed by atoms with van der Waals surface area (Å²) in [5.41, 5.74) is 1.73. The minimum Gasteiger partial charge on any atom is -0.465 e. The number of ether oxygens (including phenoxy) is 1. The number of alkyl halides is 3. The lowest BCUT2D eigenvalue weighted by molar-refractivity contribution is -0.274. The molecule has 0 aliphatic carbocycles. The number of rotatable bonds is 4. The minimum absolute atomic E-state index is 0.0120. The highest BCUT2D eigenvalue weighted by atomic mass is 19.4. The van der Waals surface area contributed by atoms with Crippen LogP contribution in [0.25, 0.3) is 16.6 Å². The maximum atomic E-state index is 12.2. The van der Waals surface area contributed by atoms with Crippen molar-refractivity contribution in [3.05, 3.63) is 54.2 Å². The normalized spacial score (nSPS) is 11.5. The van der Waals surface area contributed by atoms with Gasteiger partial charge in [0.25, 0.3) is 0 Å². The van der Waals surface area contributed by atoms with Gasteiger partial charge in [-0.15, -0.1) is 13.2 Å². The number of fused-ring (bicyclic) bond motifs is 1. The first-order valence-electron chi connectivity index (χ1n) is 7.13. The Labute approximate surface area is 139 Å². The van der Waals surface area contributed by atoms with Gasteiger partial charge in [0, 0.05) is 5.39 Å². The molecular weight excluding hydrogens is 339 g/mol. The van der Waals surface area contributed by atoms with Crippen molar-refractivity contribution in [3.63, 3.8) is 0 Å². The molecule has 0 aliphatic heterocycles. The molecule has 0 fully saturated rings. The first-order chi connectivity index (χ1) is 11.8. The van der Waals surface area contributed by atoms with Gasteiger partial charge in [-0.3, -0.25) is 0 Å². The third-order valence-electron chi connectivity index (χ3n) is 3.39. The summed E-state index contributed by atoms with van der Waals surface area (Å²) in [7, 11) is 0. The van der Waals surface area contributed by atoms with Crippen molar-refractivity contribution >= 4 is 17.0 Å². The molecule has 130 valence electrons. The Balaban J connectivity index is 1.96. The summed E-state index contributed by atoms with van der Waals surface area (Å²) < 4.78 is 42.1. The zero-order valence-corrected chi connectivity index (χ0v) is 12.6. The van der Waals surface area contributed by atoms with E-state index in [0.717, 1.165) is 5.39 Å². The molecule has 1 amide bonds. The molecule has 3 rings (SSSR count). The van der Waals surface area contributed by atoms with E-state index in [4.69, 9.17) is 5.11 Å². The first-order valence-corrected chi connectivity index (χ1v) is 7.13. The zero-order chi connectivity index (χ0) is 18.0. The second kappa shape index (κ2) is 6.34. The van der Waals surface area contributed by atoms with E-state index in [1.54, 1.807) is 24.3 Å². The highest BCUT2D eigenvalue weighted by Gasteiger charge is 2.31. The van der Waals surface area contributed by atoms with E-state index in [-0.39, 0.29) is 12.3 Å². The van der Waals surface area contributed by atoms with Crippen molar-refractivity contribution in [1.82, 2.24) is 15.1 Å². The second-order valence-corrected chi connectivity index (χ2v) is 5.08. The number of amides is 1. The summed E-state index contributed by atoms with van der Waals surface area (Å²) in [5, 5.41) is 16.1. The van der Waals surface area contributed by atoms with Crippen LogP contribution in [0.15, 0.2) is 48.5 Å². The Morgan fingerprint density at radius 2 is 1.84 bits per heavy atom. The maximum absolute atomic E-state index is 12.2. The molecule has 0 bridgehead atoms. The fourth-order valence-corrected chi connectivity index (χ4v) is 2.41. The molecule has 2 aromatic carbocycles. The van der Waals surface area contributed by atoms with Gasteiger partial charge in [0.2, 0.25) is 0 Å². The van der Waals surface area contributed by atoms with Crippen LogP contribution in [0.5, 0.6) is 5.75 Å². The number of nitrogens with zero attached hydrogens (tertiary/aromatic N) is 2. The van der Waals surface area contributed by atoms with Crippen LogP contribution in [-0.2, 0) is 6.54 Å². The van der Waals surface area contributed by atoms with Crippen LogP contribution in [0.3, 0.4) is 0 Å². The minimum atomic E-state index is -4.75. The fraction of sp³-hybridized carbons (Fsp3) is 0.125. The molecule has 3 aromatic rings. The number of carboxylic acid groups (broad SMARTS) is 1. The van der Waals surface area contributed by atoms with Crippen LogP contribution in [0.1, 0.15) is 5.69 Å². The SMILES string of the molecule is O=C(O)NCc1nn(-c2ccc(OC(F)(F)F)cc2)c2ccccc12. The Morgan fingerprint density at radius 3 is 2.48 bits per heavy atom. The average molecular weight is 351 g/mol. The van der Waals surface area contributed by atoms with Crippen LogP contribution in [0.4, 0.5) is 18.0 Å². The van der Waals surface area contributed by atoms with E-state index < -0.39 is 12.5 Å². The topological polar surface area (TPSA) is 76.4 Å². The van der Waals surface area contributed by atoms with E-state index in [9.17, 15) is 18.0 Å². The van der Waals surface area contributed by atoms with Gasteiger partial charge in [-0.1, -0.05) is 18.2 Å². The predicted octanol–water partition coefficient (Wildman–Crippen LogP) is 3.69. The van der Waals surface area contributed by atoms with Crippen molar-refractivity contribution < 1.29 is 27.8 Å². The lowest BCUT2D eigenvalue weighted by Gasteiger charge is -2.09. The van der Waals surface area contributed by atoms with Crippen molar-refractivity contribution in [3.8, 4) is 11.4 Å². The Kier molecular flexibility index (Phi) is 4.22. The van der Waals surface area contributed by atoms with Crippen LogP contribution in [0, 0.1) is 0 Å². The predicted molar refractivity (Wildman–Crippen MR) is 82.6 cm³/mol. The van der Waals surface area contributed by atoms with Gasteiger partial charge < -0.3 is 15.2 Å². The summed E-state index contributed by atoms with van der Waals surface area (Å²) in [6.07, 6.45) is -5.93. The summed E-state index contributed by atoms with van der Waals surface area (Å²) in [5.74, 6) is -0.333. The van der Waals surface area contributed by atoms with Gasteiger partial charge in [-0.05, 0) is 30.3 Å². The van der Waals surface area contributed by atoms with Gasteiger partial charge in [0.1, 0.15) is 5.75 Å². The number of hydrogen-bond acceptors (Lipinski definition) is 3. The van der Waals surface area contributed by atoms with Crippen molar-refractivity contribution in [2.45, 2.75) is 12.9 Å². The number of nitrogens with one attached hydrogen (secondary N) is 1. The maximum Gasteiger partial charge on any atom is 0.573 e. The Hall–Kier alpha value is -3.23. The van der Waals surface area contributed by atoms with E-state index in [1.165, 1.54) is 28.9 Å². The zero-order valence-electron chi connectivity index (χ0n) is 12.6. The summed E-state index contributed by atoms with van der Waals surface area (Å²) in [6.45, 7) is 0.0120. The van der Waals surface area contributed by atoms with Gasteiger partial charge in [-0.25, -0.2) is 9.48 Å². The van der Waals surface area contributed by atoms with Crippen molar-refractivity contribution in [2.75, 3.05) is 0 Å². The van der Waals surface area contributed by atoms with Gasteiger partial charge in [-0.2, -0.15) is 5.10 Å². The van der Waals surface area contributed by atoms with Crippen LogP contribution < -0.4 is 10.1 Å². The molecule has 1 heterocycles. The highest BCUT2D eigenvalue weighted by Crippen LogP contribution is 2.26. The highest BCUT2D eigenvalue weighted by molar-refractivity contribution is 5.83. The van der Waals surface area contributed by atoms with E-state index >= 15 is 0 Å². The summed E-state index contributed by atoms with van der Waals surface area (Å²) >= 11 is 0. The van der Waals surface area contributed by atoms with E-state index in [2.05, 4.69) is 15.2 Å². The number of hydrogen-bond donors (Lipinski definition) is 2. The van der Waals surface area contributed by atoms with Crippen LogP contribution in [0.2, 0.25) is 0 Å². The quantitative estimate of drug-likeness (QED) is 0.752. The molecule has 0 spiro atoms. The number of para-hydroxylation sites is 1. The summed E-state index contributed by atoms with van der Waals surface area (Å²) in [4.78, 5) is 10.7. The largest absolute Gasteiger partial charge is 0.573 e. The molecule has 0 radical (unpaired) electrons. The Bertz CT molecular complexity index is 904. The molecule has 0 aliphatic rings. The molecule has 9 heteroatoms. The fourth-order valence-electron chi connectivity index (χ4n) is 2.41. The number of aromatic nitrogens is 2. The van der Waals surface area contributed by atoms with E-state index in [0.29, 0.717) is 16.9 Å². The third-order valence-corrected chi connectivity index (χ3v) is 3.39. The monoisotopic (exact) mass is 351 g/mol. The van der Waals surface area contributed by atoms with Crippen molar-refractivity contribution in [2.24, 2.45) is 0 Å². The molecule has 2 N–H and O–H groups in total. The molecule has 0 atom stereocenters. The number of halogens is 3. The van der Waals surface area contributed by atoms with Crippen molar-refractivity contribution in [1.29, 1.82) is 0 Å². The smallest absolute Gasteiger partial charge is 0.465 e. The number of benzene rings is 2. The van der Waals surface area contributed by atoms with E-state index in [1.807, 2.05) is 0 Å². The lowest BCUT2D eigenvalue weighted by Crippen LogP contribution is -2.20. The molecule has 6 nitrogen and oxygen atoms in total. The summed E-state index contributed by atoms with van der Waals surface area (Å²) in [6, 6.07) is 12.4. The second-order valence-electron chi connectivity index (χ2n) is 5.08. The van der Waals surface area contributed by atoms with Gasteiger partial charge in [0.05, 0.1) is 23.4 Å². The lowest BCUT2D eigenvalue weighted by atomic mass is 10.2. The molecule has 0 saturated carbocycles. The molecule has 0 saturated heterocycles. The third kappa shape index (κ3) is 3.82. The van der Waals surface area contributed by atoms with Crippen LogP contribution >= 0.6 is 0 Å². The van der Waals surface area contributed by atoms with Gasteiger partial charge >= 0.3 is 12.5 Å². The molecule has 0 unspecified atom stereocenters. The molecule has 25 heavy (non-hydrogen) atoms. The Morgan fingerprint density at radius 1 is 1.16 bits per heavy atom. The first kappa shape index (κ1) is 16.6. The standard InChI is InChI=1S/C16H12F3N3O3/c17-16(18,19)25-11-7-5-10(6-8-11)22-14-4-2-1-3-12(14)13(21-22)9-20-15(23)24/h1-8,20H,9H2,(H,23,24). The van der Waals surface area contributed by atoms with Gasteiger partial charge in [0.15, 0.2) is 0 Å². The molecule has 1 aromatic heterocycles. The van der Waals surface area contributed by atoms with Crippen LogP contribution in [-0.4, -0.2) is 27.3 Å². The average Bonchev–Trinajstić information content (AvgIpc) is 2.91.